The van der Waals surface area contributed by atoms with Gasteiger partial charge in [-0.1, -0.05) is 0 Å². The highest BCUT2D eigenvalue weighted by molar-refractivity contribution is 14.1. The first-order valence-electron chi connectivity index (χ1n) is 3.99. The lowest BCUT2D eigenvalue weighted by atomic mass is 10.0. The summed E-state index contributed by atoms with van der Waals surface area (Å²) < 4.78 is 26.0. The number of nitriles is 1. The molecule has 2 nitrogen and oxygen atoms in total. The molecule has 1 aromatic rings. The van der Waals surface area contributed by atoms with Crippen LogP contribution in [0.1, 0.15) is 23.1 Å². The molecule has 0 fully saturated rings. The van der Waals surface area contributed by atoms with E-state index in [4.69, 9.17) is 16.9 Å². The molecule has 0 bridgehead atoms. The highest BCUT2D eigenvalue weighted by Crippen LogP contribution is 2.30. The average Bonchev–Trinajstić information content (AvgIpc) is 2.20. The minimum absolute atomic E-state index is 0.0236. The van der Waals surface area contributed by atoms with E-state index in [1.807, 2.05) is 28.7 Å². The third-order valence-electron chi connectivity index (χ3n) is 1.88. The molecule has 0 amide bonds. The Hall–Kier alpha value is -0.480. The van der Waals surface area contributed by atoms with Crippen LogP contribution >= 0.6 is 34.2 Å². The van der Waals surface area contributed by atoms with Gasteiger partial charge in [0, 0.05) is 17.3 Å². The number of hydrogen-bond acceptors (Lipinski definition) is 2. The van der Waals surface area contributed by atoms with Crippen LogP contribution in [0.4, 0.5) is 8.78 Å². The van der Waals surface area contributed by atoms with E-state index in [1.165, 1.54) is 6.20 Å². The first kappa shape index (κ1) is 12.6. The third-order valence-corrected chi connectivity index (χ3v) is 3.07. The highest BCUT2D eigenvalue weighted by Gasteiger charge is 2.20. The fraction of sp³-hybridized carbons (Fsp3) is 0.333. The summed E-state index contributed by atoms with van der Waals surface area (Å²) in [6.45, 7) is 0. The molecular formula is C9H6ClF2IN2. The summed E-state index contributed by atoms with van der Waals surface area (Å²) in [4.78, 5) is 3.93. The van der Waals surface area contributed by atoms with Gasteiger partial charge in [-0.3, -0.25) is 0 Å². The predicted molar refractivity (Wildman–Crippen MR) is 60.8 cm³/mol. The van der Waals surface area contributed by atoms with Crippen molar-refractivity contribution in [3.8, 4) is 6.07 Å². The Morgan fingerprint density at radius 3 is 2.73 bits per heavy atom. The van der Waals surface area contributed by atoms with Crippen LogP contribution in [0.3, 0.4) is 0 Å². The van der Waals surface area contributed by atoms with Gasteiger partial charge < -0.3 is 0 Å². The topological polar surface area (TPSA) is 36.7 Å². The molecule has 0 aliphatic carbocycles. The lowest BCUT2D eigenvalue weighted by Crippen LogP contribution is -2.04. The summed E-state index contributed by atoms with van der Waals surface area (Å²) in [5, 5.41) is 8.50. The van der Waals surface area contributed by atoms with E-state index >= 15 is 0 Å². The van der Waals surface area contributed by atoms with Crippen molar-refractivity contribution in [2.24, 2.45) is 0 Å². The van der Waals surface area contributed by atoms with Gasteiger partial charge >= 0.3 is 0 Å². The van der Waals surface area contributed by atoms with Crippen molar-refractivity contribution in [2.45, 2.75) is 18.7 Å². The molecule has 80 valence electrons. The van der Waals surface area contributed by atoms with Crippen LogP contribution in [0.2, 0.25) is 0 Å². The number of pyridine rings is 1. The van der Waals surface area contributed by atoms with E-state index in [-0.39, 0.29) is 23.4 Å². The molecule has 0 aliphatic heterocycles. The molecule has 1 rings (SSSR count). The number of halogens is 4. The van der Waals surface area contributed by atoms with Gasteiger partial charge in [-0.2, -0.15) is 5.26 Å². The Morgan fingerprint density at radius 1 is 1.60 bits per heavy atom. The third kappa shape index (κ3) is 2.75. The van der Waals surface area contributed by atoms with Crippen molar-refractivity contribution >= 4 is 34.2 Å². The van der Waals surface area contributed by atoms with Gasteiger partial charge in [-0.05, 0) is 28.2 Å². The van der Waals surface area contributed by atoms with Crippen LogP contribution in [0.25, 0.3) is 0 Å². The van der Waals surface area contributed by atoms with Gasteiger partial charge in [0.2, 0.25) is 0 Å². The van der Waals surface area contributed by atoms with Gasteiger partial charge in [-0.15, -0.1) is 11.6 Å². The standard InChI is InChI=1S/C9H6ClF2IN2/c10-3-6-7(8(11)12)5(1-2-14)4-15-9(6)13/h4,8H,1,3H2. The van der Waals surface area contributed by atoms with Gasteiger partial charge in [0.1, 0.15) is 3.70 Å². The Labute approximate surface area is 104 Å². The quantitative estimate of drug-likeness (QED) is 0.479. The summed E-state index contributed by atoms with van der Waals surface area (Å²) in [5.74, 6) is -0.0236. The Bertz CT molecular complexity index is 404. The van der Waals surface area contributed by atoms with Crippen molar-refractivity contribution in [1.29, 1.82) is 5.26 Å². The summed E-state index contributed by atoms with van der Waals surface area (Å²) >= 11 is 7.45. The molecule has 0 radical (unpaired) electrons. The average molecular weight is 343 g/mol. The minimum atomic E-state index is -2.63. The number of nitrogens with zero attached hydrogens (tertiary/aromatic N) is 2. The van der Waals surface area contributed by atoms with Crippen molar-refractivity contribution < 1.29 is 8.78 Å². The van der Waals surface area contributed by atoms with E-state index < -0.39 is 6.43 Å². The second-order valence-electron chi connectivity index (χ2n) is 2.74. The molecular weight excluding hydrogens is 336 g/mol. The largest absolute Gasteiger partial charge is 0.264 e. The fourth-order valence-corrected chi connectivity index (χ4v) is 2.33. The smallest absolute Gasteiger partial charge is 0.250 e. The molecule has 0 aromatic carbocycles. The van der Waals surface area contributed by atoms with E-state index in [9.17, 15) is 8.78 Å². The monoisotopic (exact) mass is 342 g/mol. The van der Waals surface area contributed by atoms with Gasteiger partial charge in [0.25, 0.3) is 6.43 Å². The van der Waals surface area contributed by atoms with E-state index in [0.717, 1.165) is 0 Å². The van der Waals surface area contributed by atoms with Crippen LogP contribution in [0.5, 0.6) is 0 Å². The fourth-order valence-electron chi connectivity index (χ4n) is 1.21. The van der Waals surface area contributed by atoms with Crippen molar-refractivity contribution in [3.63, 3.8) is 0 Å². The van der Waals surface area contributed by atoms with Crippen molar-refractivity contribution in [3.05, 3.63) is 26.6 Å². The second-order valence-corrected chi connectivity index (χ2v) is 4.02. The molecule has 1 aromatic heterocycles. The van der Waals surface area contributed by atoms with Crippen molar-refractivity contribution in [1.82, 2.24) is 4.98 Å². The second kappa shape index (κ2) is 5.56. The molecule has 0 atom stereocenters. The summed E-state index contributed by atoms with van der Waals surface area (Å²) in [6.07, 6.45) is -1.39. The Morgan fingerprint density at radius 2 is 2.27 bits per heavy atom. The number of alkyl halides is 3. The number of aromatic nitrogens is 1. The van der Waals surface area contributed by atoms with Crippen molar-refractivity contribution in [2.75, 3.05) is 0 Å². The van der Waals surface area contributed by atoms with Gasteiger partial charge in [0.05, 0.1) is 18.4 Å². The van der Waals surface area contributed by atoms with Crippen LogP contribution in [-0.2, 0) is 12.3 Å². The lowest BCUT2D eigenvalue weighted by Gasteiger charge is -2.11. The Kier molecular flexibility index (Phi) is 4.67. The van der Waals surface area contributed by atoms with E-state index in [1.54, 1.807) is 0 Å². The van der Waals surface area contributed by atoms with Crippen LogP contribution < -0.4 is 0 Å². The normalized spacial score (nSPS) is 10.4. The number of rotatable bonds is 3. The molecule has 15 heavy (non-hydrogen) atoms. The highest BCUT2D eigenvalue weighted by atomic mass is 127. The zero-order valence-corrected chi connectivity index (χ0v) is 10.4. The number of hydrogen-bond donors (Lipinski definition) is 0. The summed E-state index contributed by atoms with van der Waals surface area (Å²) in [7, 11) is 0. The summed E-state index contributed by atoms with van der Waals surface area (Å²) in [5.41, 5.74) is 0.425. The van der Waals surface area contributed by atoms with Gasteiger partial charge in [-0.25, -0.2) is 13.8 Å². The molecule has 0 saturated heterocycles. The molecule has 0 unspecified atom stereocenters. The molecule has 0 aliphatic rings. The van der Waals surface area contributed by atoms with E-state index in [0.29, 0.717) is 9.26 Å². The first-order valence-corrected chi connectivity index (χ1v) is 5.60. The van der Waals surface area contributed by atoms with Crippen LogP contribution in [0, 0.1) is 15.0 Å². The molecule has 1 heterocycles. The maximum atomic E-state index is 12.8. The molecule has 0 saturated carbocycles. The minimum Gasteiger partial charge on any atom is -0.250 e. The summed E-state index contributed by atoms with van der Waals surface area (Å²) in [6, 6.07) is 1.83. The molecule has 0 spiro atoms. The van der Waals surface area contributed by atoms with Gasteiger partial charge in [0.15, 0.2) is 0 Å². The zero-order chi connectivity index (χ0) is 11.4. The predicted octanol–water partition coefficient (Wildman–Crippen LogP) is 3.43. The zero-order valence-electron chi connectivity index (χ0n) is 7.48. The maximum Gasteiger partial charge on any atom is 0.264 e. The van der Waals surface area contributed by atoms with Crippen LogP contribution in [-0.4, -0.2) is 4.98 Å². The maximum absolute atomic E-state index is 12.8. The Balaban J connectivity index is 3.36. The molecule has 6 heteroatoms. The lowest BCUT2D eigenvalue weighted by molar-refractivity contribution is 0.149. The SMILES string of the molecule is N#CCc1cnc(I)c(CCl)c1C(F)F. The van der Waals surface area contributed by atoms with Crippen LogP contribution in [0.15, 0.2) is 6.20 Å². The molecule has 0 N–H and O–H groups in total. The van der Waals surface area contributed by atoms with E-state index in [2.05, 4.69) is 4.98 Å². The first-order chi connectivity index (χ1) is 7.11.